The molecule has 0 unspecified atom stereocenters. The van der Waals surface area contributed by atoms with E-state index in [1.807, 2.05) is 6.92 Å². The normalized spacial score (nSPS) is 25.9. The Hall–Kier alpha value is -2.28. The number of nitrogens with zero attached hydrogens (tertiary/aromatic N) is 3. The van der Waals surface area contributed by atoms with Crippen molar-refractivity contribution in [2.24, 2.45) is 10.6 Å². The molecule has 0 amide bonds. The summed E-state index contributed by atoms with van der Waals surface area (Å²) in [5.74, 6) is 2.82. The Morgan fingerprint density at radius 1 is 1.15 bits per heavy atom. The molecule has 2 aliphatic carbocycles. The van der Waals surface area contributed by atoms with Gasteiger partial charge in [0.15, 0.2) is 5.60 Å². The zero-order valence-corrected chi connectivity index (χ0v) is 20.5. The number of carbonyl (C=O) groups is 1. The number of piperidine rings is 1. The molecule has 1 aromatic carbocycles. The van der Waals surface area contributed by atoms with E-state index in [-0.39, 0.29) is 5.60 Å². The highest BCUT2D eigenvalue weighted by Gasteiger charge is 2.51. The van der Waals surface area contributed by atoms with E-state index in [1.165, 1.54) is 37.7 Å². The van der Waals surface area contributed by atoms with Gasteiger partial charge < -0.3 is 19.6 Å². The molecule has 7 nitrogen and oxygen atoms in total. The summed E-state index contributed by atoms with van der Waals surface area (Å²) < 4.78 is 5.85. The largest absolute Gasteiger partial charge is 0.496 e. The zero-order valence-electron chi connectivity index (χ0n) is 20.5. The summed E-state index contributed by atoms with van der Waals surface area (Å²) in [5, 5.41) is 13.9. The van der Waals surface area contributed by atoms with Crippen LogP contribution in [-0.2, 0) is 16.2 Å². The van der Waals surface area contributed by atoms with Gasteiger partial charge in [-0.2, -0.15) is 0 Å². The Balaban J connectivity index is 1.07. The number of methoxy groups -OCH3 is 1. The molecule has 2 saturated carbocycles. The summed E-state index contributed by atoms with van der Waals surface area (Å²) in [6.45, 7) is 5.94. The van der Waals surface area contributed by atoms with Crippen LogP contribution in [0, 0.1) is 5.41 Å². The van der Waals surface area contributed by atoms with Crippen molar-refractivity contribution in [3.63, 3.8) is 0 Å². The predicted octanol–water partition coefficient (Wildman–Crippen LogP) is 4.32. The van der Waals surface area contributed by atoms with Gasteiger partial charge in [0.2, 0.25) is 0 Å². The molecule has 1 N–H and O–H groups in total. The smallest absolute Gasteiger partial charge is 0.309 e. The third-order valence-corrected chi connectivity index (χ3v) is 9.04. The molecule has 0 aromatic heterocycles. The molecule has 3 heterocycles. The molecule has 34 heavy (non-hydrogen) atoms. The Bertz CT molecular complexity index is 999. The molecular weight excluding hydrogens is 430 g/mol. The first-order valence-corrected chi connectivity index (χ1v) is 13.0. The van der Waals surface area contributed by atoms with Gasteiger partial charge in [-0.15, -0.1) is 0 Å². The van der Waals surface area contributed by atoms with E-state index in [1.54, 1.807) is 18.2 Å². The Kier molecular flexibility index (Phi) is 5.32. The van der Waals surface area contributed by atoms with Crippen molar-refractivity contribution in [3.8, 4) is 5.75 Å². The van der Waals surface area contributed by atoms with E-state index in [0.29, 0.717) is 12.8 Å². The van der Waals surface area contributed by atoms with Gasteiger partial charge in [-0.3, -0.25) is 9.69 Å². The number of likely N-dealkylation sites (tertiary alicyclic amines) is 2. The second kappa shape index (κ2) is 8.14. The van der Waals surface area contributed by atoms with Crippen molar-refractivity contribution in [1.82, 2.24) is 9.80 Å². The van der Waals surface area contributed by atoms with Crippen LogP contribution < -0.4 is 4.74 Å². The molecular formula is C27H37N3O4. The minimum Gasteiger partial charge on any atom is -0.496 e. The first-order chi connectivity index (χ1) is 16.4. The molecule has 0 bridgehead atoms. The monoisotopic (exact) mass is 467 g/mol. The van der Waals surface area contributed by atoms with Crippen molar-refractivity contribution in [1.29, 1.82) is 0 Å². The van der Waals surface area contributed by atoms with E-state index in [4.69, 9.17) is 9.57 Å². The number of ether oxygens (including phenoxy) is 1. The minimum absolute atomic E-state index is 0.221. The molecule has 3 aliphatic heterocycles. The van der Waals surface area contributed by atoms with Crippen LogP contribution in [0.2, 0.25) is 0 Å². The van der Waals surface area contributed by atoms with Gasteiger partial charge in [-0.1, -0.05) is 17.6 Å². The maximum absolute atomic E-state index is 11.5. The van der Waals surface area contributed by atoms with Crippen molar-refractivity contribution in [2.45, 2.75) is 82.3 Å². The van der Waals surface area contributed by atoms with Crippen LogP contribution in [0.3, 0.4) is 0 Å². The fourth-order valence-corrected chi connectivity index (χ4v) is 6.23. The maximum atomic E-state index is 11.5. The van der Waals surface area contributed by atoms with Gasteiger partial charge in [0.25, 0.3) is 0 Å². The minimum atomic E-state index is -0.691. The lowest BCUT2D eigenvalue weighted by molar-refractivity contribution is -0.150. The Labute approximate surface area is 202 Å². The van der Waals surface area contributed by atoms with Gasteiger partial charge in [-0.05, 0) is 74.5 Å². The third-order valence-electron chi connectivity index (χ3n) is 9.04. The number of amidine groups is 1. The van der Waals surface area contributed by atoms with E-state index in [9.17, 15) is 9.90 Å². The lowest BCUT2D eigenvalue weighted by atomic mass is 9.77. The second-order valence-electron chi connectivity index (χ2n) is 11.7. The number of benzene rings is 1. The summed E-state index contributed by atoms with van der Waals surface area (Å²) in [5.41, 5.74) is 3.59. The van der Waals surface area contributed by atoms with E-state index in [0.717, 1.165) is 62.6 Å². The van der Waals surface area contributed by atoms with Crippen LogP contribution in [0.1, 0.15) is 86.8 Å². The van der Waals surface area contributed by atoms with Gasteiger partial charge in [-0.25, -0.2) is 0 Å². The molecule has 2 saturated heterocycles. The Morgan fingerprint density at radius 2 is 1.82 bits per heavy atom. The average molecular weight is 468 g/mol. The SMILES string of the molecule is COc1cc(C2CCC2)c(C2CC2)cc1CN1CC2(CC(N3CCC(C)(C(=O)O)CC3)=NO2)C1. The highest BCUT2D eigenvalue weighted by molar-refractivity contribution is 5.85. The number of aliphatic carboxylic acids is 1. The maximum Gasteiger partial charge on any atom is 0.309 e. The predicted molar refractivity (Wildman–Crippen MR) is 129 cm³/mol. The first kappa shape index (κ1) is 22.2. The van der Waals surface area contributed by atoms with Crippen LogP contribution >= 0.6 is 0 Å². The molecule has 6 rings (SSSR count). The van der Waals surface area contributed by atoms with Gasteiger partial charge in [0.1, 0.15) is 11.6 Å². The highest BCUT2D eigenvalue weighted by atomic mass is 16.7. The standard InChI is InChI=1S/C27H37N3O4/c1-26(25(31)32)8-10-30(11-9-26)24-14-27(34-28-24)16-29(17-27)15-20-12-21(19-6-7-19)22(13-23(20)33-2)18-4-3-5-18/h12-13,18-19H,3-11,14-17H2,1-2H3,(H,31,32). The van der Waals surface area contributed by atoms with Crippen molar-refractivity contribution in [2.75, 3.05) is 33.3 Å². The summed E-state index contributed by atoms with van der Waals surface area (Å²) in [4.78, 5) is 22.2. The number of carboxylic acids is 1. The molecule has 5 aliphatic rings. The van der Waals surface area contributed by atoms with E-state index in [2.05, 4.69) is 27.1 Å². The van der Waals surface area contributed by atoms with Crippen LogP contribution in [0.4, 0.5) is 0 Å². The lowest BCUT2D eigenvalue weighted by Crippen LogP contribution is -2.61. The lowest BCUT2D eigenvalue weighted by Gasteiger charge is -2.46. The molecule has 4 fully saturated rings. The molecule has 0 radical (unpaired) electrons. The molecule has 1 spiro atoms. The first-order valence-electron chi connectivity index (χ1n) is 13.0. The fourth-order valence-electron chi connectivity index (χ4n) is 6.23. The third kappa shape index (κ3) is 3.86. The van der Waals surface area contributed by atoms with Crippen molar-refractivity contribution < 1.29 is 19.5 Å². The number of hydrogen-bond acceptors (Lipinski definition) is 6. The number of rotatable bonds is 6. The molecule has 0 atom stereocenters. The topological polar surface area (TPSA) is 74.6 Å². The average Bonchev–Trinajstić information content (AvgIpc) is 3.51. The zero-order chi connectivity index (χ0) is 23.5. The van der Waals surface area contributed by atoms with Gasteiger partial charge >= 0.3 is 5.97 Å². The highest BCUT2D eigenvalue weighted by Crippen LogP contribution is 2.49. The molecule has 7 heteroatoms. The van der Waals surface area contributed by atoms with Gasteiger partial charge in [0.05, 0.1) is 18.9 Å². The van der Waals surface area contributed by atoms with Crippen molar-refractivity contribution >= 4 is 11.8 Å². The Morgan fingerprint density at radius 3 is 2.41 bits per heavy atom. The van der Waals surface area contributed by atoms with Crippen LogP contribution in [0.15, 0.2) is 17.3 Å². The summed E-state index contributed by atoms with van der Waals surface area (Å²) in [6.07, 6.45) is 8.78. The van der Waals surface area contributed by atoms with Crippen molar-refractivity contribution in [3.05, 3.63) is 28.8 Å². The number of hydrogen-bond donors (Lipinski definition) is 1. The van der Waals surface area contributed by atoms with Crippen LogP contribution in [0.5, 0.6) is 5.75 Å². The summed E-state index contributed by atoms with van der Waals surface area (Å²) >= 11 is 0. The van der Waals surface area contributed by atoms with Crippen LogP contribution in [0.25, 0.3) is 0 Å². The summed E-state index contributed by atoms with van der Waals surface area (Å²) in [7, 11) is 1.80. The van der Waals surface area contributed by atoms with E-state index < -0.39 is 11.4 Å². The second-order valence-corrected chi connectivity index (χ2v) is 11.7. The number of carboxylic acid groups (broad SMARTS) is 1. The van der Waals surface area contributed by atoms with Crippen LogP contribution in [-0.4, -0.2) is 65.6 Å². The van der Waals surface area contributed by atoms with Gasteiger partial charge in [0, 0.05) is 38.3 Å². The fraction of sp³-hybridized carbons (Fsp3) is 0.704. The molecule has 184 valence electrons. The molecule has 1 aromatic rings. The summed E-state index contributed by atoms with van der Waals surface area (Å²) in [6, 6.07) is 4.79. The van der Waals surface area contributed by atoms with E-state index >= 15 is 0 Å². The number of oxime groups is 1. The quantitative estimate of drug-likeness (QED) is 0.672.